The molecule has 7 heteroatoms. The zero-order valence-electron chi connectivity index (χ0n) is 7.39. The van der Waals surface area contributed by atoms with Gasteiger partial charge in [-0.25, -0.2) is 0 Å². The summed E-state index contributed by atoms with van der Waals surface area (Å²) in [6.07, 6.45) is 3.61. The van der Waals surface area contributed by atoms with E-state index < -0.39 is 0 Å². The van der Waals surface area contributed by atoms with Crippen molar-refractivity contribution in [2.45, 2.75) is 6.42 Å². The van der Waals surface area contributed by atoms with Gasteiger partial charge in [-0.1, -0.05) is 0 Å². The average molecular weight is 196 g/mol. The number of hydrogen-bond acceptors (Lipinski definition) is 5. The summed E-state index contributed by atoms with van der Waals surface area (Å²) >= 11 is 0. The fourth-order valence-electron chi connectivity index (χ4n) is 1.08. The van der Waals surface area contributed by atoms with E-state index in [9.17, 15) is 4.39 Å². The first-order valence-corrected chi connectivity index (χ1v) is 4.24. The third-order valence-electron chi connectivity index (χ3n) is 1.73. The molecule has 0 saturated heterocycles. The maximum atomic E-state index is 11.8. The number of nitrogens with zero attached hydrogens (tertiary/aromatic N) is 5. The van der Waals surface area contributed by atoms with Gasteiger partial charge in [0.15, 0.2) is 5.65 Å². The molecule has 14 heavy (non-hydrogen) atoms. The lowest BCUT2D eigenvalue weighted by Crippen LogP contribution is -2.07. The molecule has 2 heterocycles. The Morgan fingerprint density at radius 1 is 1.43 bits per heavy atom. The molecule has 0 aliphatic heterocycles. The second-order valence-corrected chi connectivity index (χ2v) is 2.71. The lowest BCUT2D eigenvalue weighted by atomic mass is 10.4. The topological polar surface area (TPSA) is 68.0 Å². The Labute approximate surface area is 79.1 Å². The Hall–Kier alpha value is -1.79. The minimum Gasteiger partial charge on any atom is -0.369 e. The fraction of sp³-hybridized carbons (Fsp3) is 0.429. The van der Waals surface area contributed by atoms with Crippen molar-refractivity contribution in [1.82, 2.24) is 25.0 Å². The molecule has 0 aliphatic rings. The highest BCUT2D eigenvalue weighted by molar-refractivity contribution is 5.43. The normalized spacial score (nSPS) is 10.6. The SMILES string of the molecule is FCCCNc1cncc2nnnn12. The van der Waals surface area contributed by atoms with E-state index in [4.69, 9.17) is 0 Å². The predicted octanol–water partition coefficient (Wildman–Crippen LogP) is 0.291. The maximum absolute atomic E-state index is 11.8. The molecule has 6 nitrogen and oxygen atoms in total. The van der Waals surface area contributed by atoms with Gasteiger partial charge in [0.25, 0.3) is 0 Å². The van der Waals surface area contributed by atoms with Crippen molar-refractivity contribution in [2.24, 2.45) is 0 Å². The first kappa shape index (κ1) is 8.79. The highest BCUT2D eigenvalue weighted by Gasteiger charge is 2.01. The van der Waals surface area contributed by atoms with Crippen molar-refractivity contribution < 1.29 is 4.39 Å². The molecule has 0 aromatic carbocycles. The van der Waals surface area contributed by atoms with Crippen LogP contribution in [0.2, 0.25) is 0 Å². The summed E-state index contributed by atoms with van der Waals surface area (Å²) in [5, 5.41) is 14.0. The number of nitrogens with one attached hydrogen (secondary N) is 1. The number of anilines is 1. The summed E-state index contributed by atoms with van der Waals surface area (Å²) in [6.45, 7) is 0.198. The molecular formula is C7H9FN6. The summed E-state index contributed by atoms with van der Waals surface area (Å²) in [7, 11) is 0. The van der Waals surface area contributed by atoms with Crippen molar-refractivity contribution in [3.8, 4) is 0 Å². The predicted molar refractivity (Wildman–Crippen MR) is 47.7 cm³/mol. The third kappa shape index (κ3) is 1.61. The van der Waals surface area contributed by atoms with Crippen LogP contribution in [0.1, 0.15) is 6.42 Å². The summed E-state index contributed by atoms with van der Waals surface area (Å²) in [5.74, 6) is 0.668. The van der Waals surface area contributed by atoms with Crippen LogP contribution in [-0.4, -0.2) is 38.2 Å². The van der Waals surface area contributed by atoms with Crippen molar-refractivity contribution in [3.05, 3.63) is 12.4 Å². The van der Waals surface area contributed by atoms with Crippen molar-refractivity contribution in [2.75, 3.05) is 18.5 Å². The second kappa shape index (κ2) is 3.95. The second-order valence-electron chi connectivity index (χ2n) is 2.71. The van der Waals surface area contributed by atoms with Crippen molar-refractivity contribution in [3.63, 3.8) is 0 Å². The zero-order valence-corrected chi connectivity index (χ0v) is 7.39. The highest BCUT2D eigenvalue weighted by Crippen LogP contribution is 2.05. The standard InChI is InChI=1S/C7H9FN6/c8-2-1-3-10-6-4-9-5-7-11-12-13-14(6)7/h4-5,10H,1-3H2. The molecule has 0 aliphatic carbocycles. The minimum atomic E-state index is -0.341. The maximum Gasteiger partial charge on any atom is 0.199 e. The van der Waals surface area contributed by atoms with Gasteiger partial charge in [-0.2, -0.15) is 4.52 Å². The summed E-state index contributed by atoms with van der Waals surface area (Å²) < 4.78 is 13.4. The third-order valence-corrected chi connectivity index (χ3v) is 1.73. The lowest BCUT2D eigenvalue weighted by Gasteiger charge is -2.04. The van der Waals surface area contributed by atoms with Crippen molar-refractivity contribution >= 4 is 11.5 Å². The van der Waals surface area contributed by atoms with Gasteiger partial charge in [0.05, 0.1) is 19.1 Å². The number of alkyl halides is 1. The van der Waals surface area contributed by atoms with Crippen LogP contribution in [0.25, 0.3) is 5.65 Å². The Kier molecular flexibility index (Phi) is 2.48. The molecule has 0 unspecified atom stereocenters. The van der Waals surface area contributed by atoms with Gasteiger partial charge in [0, 0.05) is 6.54 Å². The molecule has 2 aromatic rings. The van der Waals surface area contributed by atoms with Crippen LogP contribution >= 0.6 is 0 Å². The minimum absolute atomic E-state index is 0.341. The molecule has 2 aromatic heterocycles. The summed E-state index contributed by atoms with van der Waals surface area (Å²) in [4.78, 5) is 3.94. The molecule has 0 amide bonds. The van der Waals surface area contributed by atoms with Gasteiger partial charge in [0.2, 0.25) is 0 Å². The number of fused-ring (bicyclic) bond motifs is 1. The summed E-state index contributed by atoms with van der Waals surface area (Å²) in [6, 6.07) is 0. The molecule has 2 rings (SSSR count). The molecule has 0 saturated carbocycles. The Balaban J connectivity index is 2.19. The molecule has 0 fully saturated rings. The molecule has 0 atom stereocenters. The van der Waals surface area contributed by atoms with E-state index in [2.05, 4.69) is 25.8 Å². The van der Waals surface area contributed by atoms with E-state index >= 15 is 0 Å². The van der Waals surface area contributed by atoms with Crippen LogP contribution in [0.4, 0.5) is 10.2 Å². The first-order chi connectivity index (χ1) is 6.92. The monoisotopic (exact) mass is 196 g/mol. The lowest BCUT2D eigenvalue weighted by molar-refractivity contribution is 0.481. The van der Waals surface area contributed by atoms with E-state index in [1.807, 2.05) is 0 Å². The van der Waals surface area contributed by atoms with Crippen LogP contribution in [0.15, 0.2) is 12.4 Å². The van der Waals surface area contributed by atoms with Gasteiger partial charge in [-0.3, -0.25) is 9.37 Å². The number of rotatable bonds is 4. The van der Waals surface area contributed by atoms with E-state index in [1.54, 1.807) is 12.4 Å². The molecule has 0 bridgehead atoms. The van der Waals surface area contributed by atoms with Gasteiger partial charge in [-0.05, 0) is 16.8 Å². The van der Waals surface area contributed by atoms with Gasteiger partial charge >= 0.3 is 0 Å². The van der Waals surface area contributed by atoms with E-state index in [-0.39, 0.29) is 6.67 Å². The zero-order chi connectivity index (χ0) is 9.80. The van der Waals surface area contributed by atoms with E-state index in [0.717, 1.165) is 0 Å². The van der Waals surface area contributed by atoms with Gasteiger partial charge in [0.1, 0.15) is 5.82 Å². The van der Waals surface area contributed by atoms with Crippen LogP contribution in [0.3, 0.4) is 0 Å². The highest BCUT2D eigenvalue weighted by atomic mass is 19.1. The average Bonchev–Trinajstić information content (AvgIpc) is 2.67. The van der Waals surface area contributed by atoms with Crippen LogP contribution in [0, 0.1) is 0 Å². The smallest absolute Gasteiger partial charge is 0.199 e. The Morgan fingerprint density at radius 3 is 3.21 bits per heavy atom. The Bertz CT molecular complexity index is 413. The number of halogens is 1. The van der Waals surface area contributed by atoms with Crippen LogP contribution in [0.5, 0.6) is 0 Å². The largest absolute Gasteiger partial charge is 0.369 e. The van der Waals surface area contributed by atoms with Crippen LogP contribution < -0.4 is 5.32 Å². The van der Waals surface area contributed by atoms with Gasteiger partial charge < -0.3 is 5.32 Å². The Morgan fingerprint density at radius 2 is 2.36 bits per heavy atom. The quantitative estimate of drug-likeness (QED) is 0.712. The number of aromatic nitrogens is 5. The first-order valence-electron chi connectivity index (χ1n) is 4.24. The fourth-order valence-corrected chi connectivity index (χ4v) is 1.08. The van der Waals surface area contributed by atoms with Crippen molar-refractivity contribution in [1.29, 1.82) is 0 Å². The molecular weight excluding hydrogens is 187 g/mol. The van der Waals surface area contributed by atoms with E-state index in [0.29, 0.717) is 24.4 Å². The number of hydrogen-bond donors (Lipinski definition) is 1. The molecule has 74 valence electrons. The van der Waals surface area contributed by atoms with Gasteiger partial charge in [-0.15, -0.1) is 5.10 Å². The summed E-state index contributed by atoms with van der Waals surface area (Å²) in [5.41, 5.74) is 0.565. The van der Waals surface area contributed by atoms with E-state index in [1.165, 1.54) is 4.52 Å². The van der Waals surface area contributed by atoms with Crippen LogP contribution in [-0.2, 0) is 0 Å². The number of tetrazole rings is 1. The molecule has 0 radical (unpaired) electrons. The molecule has 0 spiro atoms. The molecule has 1 N–H and O–H groups in total.